The predicted molar refractivity (Wildman–Crippen MR) is 229 cm³/mol. The van der Waals surface area contributed by atoms with Gasteiger partial charge in [0.25, 0.3) is 0 Å². The molecule has 0 bridgehead atoms. The molecule has 0 aromatic heterocycles. The third kappa shape index (κ3) is 40.8. The Morgan fingerprint density at radius 3 is 1.07 bits per heavy atom. The molecular formula is C48H86O6. The van der Waals surface area contributed by atoms with E-state index in [1.54, 1.807) is 0 Å². The van der Waals surface area contributed by atoms with Gasteiger partial charge in [-0.05, 0) is 77.0 Å². The Bertz CT molecular complexity index is 922. The Hall–Kier alpha value is -2.37. The van der Waals surface area contributed by atoms with Crippen LogP contribution in [0, 0.1) is 0 Å². The minimum absolute atomic E-state index is 0.0796. The molecule has 0 aliphatic rings. The van der Waals surface area contributed by atoms with E-state index in [0.717, 1.165) is 89.9 Å². The molecule has 6 heteroatoms. The van der Waals surface area contributed by atoms with Crippen LogP contribution in [0.4, 0.5) is 0 Å². The number of hydrogen-bond donors (Lipinski definition) is 0. The molecule has 1 atom stereocenters. The summed E-state index contributed by atoms with van der Waals surface area (Å²) in [6.45, 7) is 6.52. The molecular weight excluding hydrogens is 673 g/mol. The van der Waals surface area contributed by atoms with Crippen molar-refractivity contribution < 1.29 is 28.6 Å². The standard InChI is InChI=1S/C48H86O6/c1-4-7-10-13-16-18-20-22-24-26-28-30-32-35-38-41-47(50)53-44-45(43-52-46(49)40-37-34-15-12-9-6-3)54-48(51)42-39-36-33-31-29-27-25-23-21-19-17-14-11-8-5-2/h16,18,22-25,45H,4-15,17,19-21,26-44H2,1-3H3/b18-16-,24-22-,25-23-. The van der Waals surface area contributed by atoms with Crippen LogP contribution in [0.25, 0.3) is 0 Å². The highest BCUT2D eigenvalue weighted by atomic mass is 16.6. The van der Waals surface area contributed by atoms with Gasteiger partial charge in [0.1, 0.15) is 13.2 Å². The molecule has 0 N–H and O–H groups in total. The second-order valence-corrected chi connectivity index (χ2v) is 15.3. The molecule has 54 heavy (non-hydrogen) atoms. The first-order valence-corrected chi connectivity index (χ1v) is 23.0. The van der Waals surface area contributed by atoms with Crippen LogP contribution >= 0.6 is 0 Å². The average Bonchev–Trinajstić information content (AvgIpc) is 3.17. The van der Waals surface area contributed by atoms with Crippen LogP contribution in [0.3, 0.4) is 0 Å². The molecule has 6 nitrogen and oxygen atoms in total. The largest absolute Gasteiger partial charge is 0.462 e. The lowest BCUT2D eigenvalue weighted by molar-refractivity contribution is -0.167. The van der Waals surface area contributed by atoms with Crippen molar-refractivity contribution in [1.82, 2.24) is 0 Å². The van der Waals surface area contributed by atoms with Gasteiger partial charge in [-0.25, -0.2) is 0 Å². The minimum atomic E-state index is -0.775. The molecule has 314 valence electrons. The number of rotatable bonds is 41. The van der Waals surface area contributed by atoms with Crippen molar-refractivity contribution in [3.8, 4) is 0 Å². The smallest absolute Gasteiger partial charge is 0.306 e. The van der Waals surface area contributed by atoms with E-state index in [9.17, 15) is 14.4 Å². The van der Waals surface area contributed by atoms with E-state index >= 15 is 0 Å². The van der Waals surface area contributed by atoms with Gasteiger partial charge in [0.05, 0.1) is 0 Å². The van der Waals surface area contributed by atoms with Crippen molar-refractivity contribution in [2.24, 2.45) is 0 Å². The Kier molecular flexibility index (Phi) is 41.5. The first kappa shape index (κ1) is 51.6. The lowest BCUT2D eigenvalue weighted by atomic mass is 10.1. The molecule has 0 amide bonds. The first-order chi connectivity index (χ1) is 26.5. The van der Waals surface area contributed by atoms with Crippen molar-refractivity contribution in [1.29, 1.82) is 0 Å². The molecule has 0 spiro atoms. The zero-order chi connectivity index (χ0) is 39.4. The van der Waals surface area contributed by atoms with Crippen molar-refractivity contribution in [2.75, 3.05) is 13.2 Å². The third-order valence-electron chi connectivity index (χ3n) is 9.87. The normalized spacial score (nSPS) is 12.3. The highest BCUT2D eigenvalue weighted by molar-refractivity contribution is 5.71. The summed E-state index contributed by atoms with van der Waals surface area (Å²) in [5.41, 5.74) is 0. The van der Waals surface area contributed by atoms with E-state index in [2.05, 4.69) is 57.2 Å². The summed E-state index contributed by atoms with van der Waals surface area (Å²) in [5, 5.41) is 0. The summed E-state index contributed by atoms with van der Waals surface area (Å²) < 4.78 is 16.6. The Labute approximate surface area is 334 Å². The predicted octanol–water partition coefficient (Wildman–Crippen LogP) is 14.6. The van der Waals surface area contributed by atoms with Gasteiger partial charge in [-0.15, -0.1) is 0 Å². The third-order valence-corrected chi connectivity index (χ3v) is 9.87. The van der Waals surface area contributed by atoms with E-state index in [4.69, 9.17) is 14.2 Å². The number of esters is 3. The topological polar surface area (TPSA) is 78.9 Å². The van der Waals surface area contributed by atoms with Gasteiger partial charge in [0, 0.05) is 19.3 Å². The highest BCUT2D eigenvalue weighted by Crippen LogP contribution is 2.13. The molecule has 1 unspecified atom stereocenters. The average molecular weight is 759 g/mol. The lowest BCUT2D eigenvalue weighted by Crippen LogP contribution is -2.30. The van der Waals surface area contributed by atoms with Gasteiger partial charge < -0.3 is 14.2 Å². The lowest BCUT2D eigenvalue weighted by Gasteiger charge is -2.18. The van der Waals surface area contributed by atoms with Crippen molar-refractivity contribution >= 4 is 17.9 Å². The molecule has 0 aromatic rings. The Morgan fingerprint density at radius 2 is 0.667 bits per heavy atom. The minimum Gasteiger partial charge on any atom is -0.462 e. The quantitative estimate of drug-likeness (QED) is 0.0267. The summed E-state index contributed by atoms with van der Waals surface area (Å²) in [4.78, 5) is 37.6. The molecule has 0 aromatic carbocycles. The van der Waals surface area contributed by atoms with E-state index in [-0.39, 0.29) is 31.1 Å². The van der Waals surface area contributed by atoms with Crippen molar-refractivity contribution in [2.45, 2.75) is 239 Å². The number of carbonyl (C=O) groups is 3. The van der Waals surface area contributed by atoms with E-state index in [1.165, 1.54) is 103 Å². The Balaban J connectivity index is 4.30. The monoisotopic (exact) mass is 759 g/mol. The number of ether oxygens (including phenoxy) is 3. The molecule has 0 fully saturated rings. The first-order valence-electron chi connectivity index (χ1n) is 23.0. The van der Waals surface area contributed by atoms with Crippen LogP contribution in [-0.2, 0) is 28.6 Å². The van der Waals surface area contributed by atoms with E-state index in [1.807, 2.05) is 0 Å². The van der Waals surface area contributed by atoms with Crippen LogP contribution in [0.15, 0.2) is 36.5 Å². The zero-order valence-corrected chi connectivity index (χ0v) is 35.7. The van der Waals surface area contributed by atoms with E-state index in [0.29, 0.717) is 19.3 Å². The van der Waals surface area contributed by atoms with Crippen molar-refractivity contribution in [3.05, 3.63) is 36.5 Å². The molecule has 0 aliphatic heterocycles. The second-order valence-electron chi connectivity index (χ2n) is 15.3. The van der Waals surface area contributed by atoms with Gasteiger partial charge in [-0.2, -0.15) is 0 Å². The summed E-state index contributed by atoms with van der Waals surface area (Å²) in [7, 11) is 0. The van der Waals surface area contributed by atoms with Gasteiger partial charge >= 0.3 is 17.9 Å². The van der Waals surface area contributed by atoms with Crippen LogP contribution in [0.1, 0.15) is 233 Å². The summed E-state index contributed by atoms with van der Waals surface area (Å²) in [6, 6.07) is 0. The molecule has 0 saturated carbocycles. The molecule has 0 rings (SSSR count). The zero-order valence-electron chi connectivity index (χ0n) is 35.7. The van der Waals surface area contributed by atoms with Crippen molar-refractivity contribution in [3.63, 3.8) is 0 Å². The SMILES string of the molecule is CCCCC/C=C\C/C=C\CCCCCCCC(=O)OCC(COC(=O)CCCCCCCC)OC(=O)CCCCCCC/C=C\CCCCCCCC. The molecule has 0 saturated heterocycles. The number of carbonyl (C=O) groups excluding carboxylic acids is 3. The fourth-order valence-electron chi connectivity index (χ4n) is 6.35. The van der Waals surface area contributed by atoms with Gasteiger partial charge in [0.15, 0.2) is 6.10 Å². The molecule has 0 radical (unpaired) electrons. The second kappa shape index (κ2) is 43.4. The maximum absolute atomic E-state index is 12.7. The van der Waals surface area contributed by atoms with Crippen LogP contribution in [0.5, 0.6) is 0 Å². The molecule has 0 heterocycles. The molecule has 0 aliphatic carbocycles. The van der Waals surface area contributed by atoms with Crippen LogP contribution < -0.4 is 0 Å². The van der Waals surface area contributed by atoms with Gasteiger partial charge in [-0.3, -0.25) is 14.4 Å². The number of allylic oxidation sites excluding steroid dienone is 6. The fraction of sp³-hybridized carbons (Fsp3) is 0.812. The number of hydrogen-bond acceptors (Lipinski definition) is 6. The summed E-state index contributed by atoms with van der Waals surface area (Å²) in [5.74, 6) is -0.910. The van der Waals surface area contributed by atoms with Crippen LogP contribution in [0.2, 0.25) is 0 Å². The fourth-order valence-corrected chi connectivity index (χ4v) is 6.35. The van der Waals surface area contributed by atoms with E-state index < -0.39 is 6.10 Å². The maximum Gasteiger partial charge on any atom is 0.306 e. The highest BCUT2D eigenvalue weighted by Gasteiger charge is 2.19. The number of unbranched alkanes of at least 4 members (excludes halogenated alkanes) is 24. The maximum atomic E-state index is 12.7. The van der Waals surface area contributed by atoms with Gasteiger partial charge in [-0.1, -0.05) is 173 Å². The Morgan fingerprint density at radius 1 is 0.370 bits per heavy atom. The summed E-state index contributed by atoms with van der Waals surface area (Å²) >= 11 is 0. The van der Waals surface area contributed by atoms with Crippen LogP contribution in [-0.4, -0.2) is 37.2 Å². The summed E-state index contributed by atoms with van der Waals surface area (Å²) in [6.07, 6.45) is 48.5. The van der Waals surface area contributed by atoms with Gasteiger partial charge in [0.2, 0.25) is 0 Å².